The summed E-state index contributed by atoms with van der Waals surface area (Å²) < 4.78 is 31.0. The zero-order chi connectivity index (χ0) is 15.6. The van der Waals surface area contributed by atoms with Crippen molar-refractivity contribution in [3.8, 4) is 5.88 Å². The number of nitrogens with zero attached hydrogens (tertiary/aromatic N) is 2. The molecule has 2 N–H and O–H groups in total. The lowest BCUT2D eigenvalue weighted by molar-refractivity contribution is 0.0697. The molecule has 11 heteroatoms. The molecule has 0 aliphatic rings. The Morgan fingerprint density at radius 3 is 2.71 bits per heavy atom. The zero-order valence-electron chi connectivity index (χ0n) is 10.4. The van der Waals surface area contributed by atoms with Crippen LogP contribution in [-0.2, 0) is 10.0 Å². The van der Waals surface area contributed by atoms with Crippen molar-refractivity contribution in [3.05, 3.63) is 28.2 Å². The van der Waals surface area contributed by atoms with Crippen LogP contribution in [0.2, 0.25) is 5.15 Å². The van der Waals surface area contributed by atoms with E-state index in [0.29, 0.717) is 0 Å². The summed E-state index contributed by atoms with van der Waals surface area (Å²) >= 11 is 6.48. The van der Waals surface area contributed by atoms with E-state index in [-0.39, 0.29) is 26.8 Å². The van der Waals surface area contributed by atoms with Crippen LogP contribution in [0.1, 0.15) is 10.4 Å². The molecule has 2 rings (SSSR count). The van der Waals surface area contributed by atoms with Crippen molar-refractivity contribution < 1.29 is 23.1 Å². The fourth-order valence-electron chi connectivity index (χ4n) is 1.29. The third-order valence-corrected chi connectivity index (χ3v) is 5.15. The molecule has 0 fully saturated rings. The molecule has 2 aromatic rings. The summed E-state index contributed by atoms with van der Waals surface area (Å²) in [4.78, 5) is 18.3. The zero-order valence-corrected chi connectivity index (χ0v) is 12.8. The van der Waals surface area contributed by atoms with E-state index in [4.69, 9.17) is 21.4 Å². The summed E-state index contributed by atoms with van der Waals surface area (Å²) in [6, 6.07) is 2.35. The molecule has 21 heavy (non-hydrogen) atoms. The van der Waals surface area contributed by atoms with Gasteiger partial charge in [0.15, 0.2) is 0 Å². The Labute approximate surface area is 128 Å². The maximum atomic E-state index is 12.1. The van der Waals surface area contributed by atoms with Gasteiger partial charge in [0.1, 0.15) is 9.36 Å². The molecule has 0 saturated heterocycles. The Morgan fingerprint density at radius 1 is 1.43 bits per heavy atom. The quantitative estimate of drug-likeness (QED) is 0.788. The molecular weight excluding hydrogens is 342 g/mol. The van der Waals surface area contributed by atoms with E-state index in [2.05, 4.69) is 14.7 Å². The summed E-state index contributed by atoms with van der Waals surface area (Å²) in [6.07, 6.45) is 0. The van der Waals surface area contributed by atoms with Gasteiger partial charge in [0, 0.05) is 11.4 Å². The van der Waals surface area contributed by atoms with Gasteiger partial charge in [-0.25, -0.2) is 22.9 Å². The largest absolute Gasteiger partial charge is 0.481 e. The van der Waals surface area contributed by atoms with E-state index in [1.807, 2.05) is 0 Å². The van der Waals surface area contributed by atoms with Crippen molar-refractivity contribution in [2.45, 2.75) is 4.21 Å². The average Bonchev–Trinajstić information content (AvgIpc) is 2.87. The molecule has 0 bridgehead atoms. The highest BCUT2D eigenvalue weighted by Gasteiger charge is 2.20. The number of carboxylic acid groups (broad SMARTS) is 1. The standard InChI is InChI=1S/C10H8ClN3O5S2/c1-19-7-3-6(11)12-10(13-7)14-21(17,18)8-2-5(4-20-8)9(15)16/h2-4H,1H3,(H,15,16)(H,12,13,14). The van der Waals surface area contributed by atoms with Gasteiger partial charge in [-0.2, -0.15) is 4.98 Å². The normalized spacial score (nSPS) is 11.1. The first-order valence-corrected chi connectivity index (χ1v) is 7.99. The first-order chi connectivity index (χ1) is 9.81. The molecule has 2 aromatic heterocycles. The van der Waals surface area contributed by atoms with Crippen LogP contribution in [-0.4, -0.2) is 36.6 Å². The molecule has 112 valence electrons. The Balaban J connectivity index is 2.32. The molecular formula is C10H8ClN3O5S2. The van der Waals surface area contributed by atoms with Gasteiger partial charge in [0.05, 0.1) is 12.7 Å². The summed E-state index contributed by atoms with van der Waals surface area (Å²) in [5.41, 5.74) is -0.120. The lowest BCUT2D eigenvalue weighted by Crippen LogP contribution is -2.14. The fraction of sp³-hybridized carbons (Fsp3) is 0.100. The Kier molecular flexibility index (Phi) is 4.30. The molecule has 0 radical (unpaired) electrons. The Hall–Kier alpha value is -1.91. The van der Waals surface area contributed by atoms with Gasteiger partial charge >= 0.3 is 5.97 Å². The highest BCUT2D eigenvalue weighted by molar-refractivity contribution is 7.94. The predicted molar refractivity (Wildman–Crippen MR) is 75.7 cm³/mol. The minimum atomic E-state index is -4.00. The lowest BCUT2D eigenvalue weighted by atomic mass is 10.4. The molecule has 2 heterocycles. The molecule has 0 aliphatic carbocycles. The number of hydrogen-bond acceptors (Lipinski definition) is 7. The van der Waals surface area contributed by atoms with E-state index < -0.39 is 16.0 Å². The average molecular weight is 350 g/mol. The molecule has 0 unspecified atom stereocenters. The van der Waals surface area contributed by atoms with Crippen LogP contribution in [0.5, 0.6) is 5.88 Å². The van der Waals surface area contributed by atoms with Crippen LogP contribution < -0.4 is 9.46 Å². The van der Waals surface area contributed by atoms with Gasteiger partial charge in [-0.1, -0.05) is 11.6 Å². The Morgan fingerprint density at radius 2 is 2.14 bits per heavy atom. The van der Waals surface area contributed by atoms with Crippen molar-refractivity contribution in [3.63, 3.8) is 0 Å². The monoisotopic (exact) mass is 349 g/mol. The number of aromatic nitrogens is 2. The van der Waals surface area contributed by atoms with E-state index >= 15 is 0 Å². The second-order valence-electron chi connectivity index (χ2n) is 3.62. The summed E-state index contributed by atoms with van der Waals surface area (Å²) in [5.74, 6) is -1.40. The Bertz CT molecular complexity index is 790. The molecule has 0 aliphatic heterocycles. The van der Waals surface area contributed by atoms with Gasteiger partial charge in [-0.15, -0.1) is 11.3 Å². The van der Waals surface area contributed by atoms with Crippen molar-refractivity contribution in [1.82, 2.24) is 9.97 Å². The van der Waals surface area contributed by atoms with Gasteiger partial charge in [-0.05, 0) is 6.07 Å². The van der Waals surface area contributed by atoms with Crippen molar-refractivity contribution in [1.29, 1.82) is 0 Å². The maximum Gasteiger partial charge on any atom is 0.336 e. The minimum absolute atomic E-state index is 0.00282. The molecule has 8 nitrogen and oxygen atoms in total. The maximum absolute atomic E-state index is 12.1. The fourth-order valence-corrected chi connectivity index (χ4v) is 3.56. The second-order valence-corrected chi connectivity index (χ2v) is 6.83. The summed E-state index contributed by atoms with van der Waals surface area (Å²) in [5, 5.41) is 10.0. The number of sulfonamides is 1. The van der Waals surface area contributed by atoms with E-state index in [1.165, 1.54) is 18.6 Å². The third-order valence-electron chi connectivity index (χ3n) is 2.19. The van der Waals surface area contributed by atoms with Crippen LogP contribution in [0.4, 0.5) is 5.95 Å². The van der Waals surface area contributed by atoms with Crippen LogP contribution in [0.3, 0.4) is 0 Å². The van der Waals surface area contributed by atoms with Crippen LogP contribution >= 0.6 is 22.9 Å². The van der Waals surface area contributed by atoms with E-state index in [9.17, 15) is 13.2 Å². The summed E-state index contributed by atoms with van der Waals surface area (Å²) in [7, 11) is -2.66. The van der Waals surface area contributed by atoms with Crippen LogP contribution in [0.25, 0.3) is 0 Å². The number of ether oxygens (including phenoxy) is 1. The number of carboxylic acids is 1. The first kappa shape index (κ1) is 15.5. The van der Waals surface area contributed by atoms with Crippen molar-refractivity contribution >= 4 is 44.9 Å². The topological polar surface area (TPSA) is 118 Å². The smallest absolute Gasteiger partial charge is 0.336 e. The number of aromatic carboxylic acids is 1. The molecule has 0 amide bonds. The van der Waals surface area contributed by atoms with Gasteiger partial charge < -0.3 is 9.84 Å². The number of methoxy groups -OCH3 is 1. The highest BCUT2D eigenvalue weighted by atomic mass is 35.5. The van der Waals surface area contributed by atoms with Crippen LogP contribution in [0, 0.1) is 0 Å². The van der Waals surface area contributed by atoms with Gasteiger partial charge in [-0.3, -0.25) is 0 Å². The number of carbonyl (C=O) groups is 1. The van der Waals surface area contributed by atoms with Gasteiger partial charge in [0.25, 0.3) is 10.0 Å². The number of thiophene rings is 1. The van der Waals surface area contributed by atoms with E-state index in [1.54, 1.807) is 0 Å². The first-order valence-electron chi connectivity index (χ1n) is 5.25. The second kappa shape index (κ2) is 5.84. The number of hydrogen-bond donors (Lipinski definition) is 2. The van der Waals surface area contributed by atoms with Gasteiger partial charge in [0.2, 0.25) is 11.8 Å². The van der Waals surface area contributed by atoms with Crippen molar-refractivity contribution in [2.24, 2.45) is 0 Å². The number of nitrogens with one attached hydrogen (secondary N) is 1. The number of halogens is 1. The third kappa shape index (κ3) is 3.60. The predicted octanol–water partition coefficient (Wildman–Crippen LogP) is 1.70. The number of anilines is 1. The summed E-state index contributed by atoms with van der Waals surface area (Å²) in [6.45, 7) is 0. The van der Waals surface area contributed by atoms with Crippen molar-refractivity contribution in [2.75, 3.05) is 11.8 Å². The molecule has 0 saturated carbocycles. The van der Waals surface area contributed by atoms with E-state index in [0.717, 1.165) is 17.4 Å². The minimum Gasteiger partial charge on any atom is -0.481 e. The van der Waals surface area contributed by atoms with Crippen LogP contribution in [0.15, 0.2) is 21.7 Å². The SMILES string of the molecule is COc1cc(Cl)nc(NS(=O)(=O)c2cc(C(=O)O)cs2)n1. The highest BCUT2D eigenvalue weighted by Crippen LogP contribution is 2.23. The molecule has 0 aromatic carbocycles. The molecule has 0 atom stereocenters. The molecule has 0 spiro atoms. The number of rotatable bonds is 5. The lowest BCUT2D eigenvalue weighted by Gasteiger charge is -2.06.